The molecule has 1 fully saturated rings. The highest BCUT2D eigenvalue weighted by atomic mass is 16.5. The van der Waals surface area contributed by atoms with Gasteiger partial charge in [-0.3, -0.25) is 4.68 Å². The van der Waals surface area contributed by atoms with E-state index in [1.807, 2.05) is 10.9 Å². The Morgan fingerprint density at radius 1 is 1.75 bits per heavy atom. The summed E-state index contributed by atoms with van der Waals surface area (Å²) >= 11 is 0. The van der Waals surface area contributed by atoms with Crippen molar-refractivity contribution >= 4 is 5.82 Å². The molecule has 1 aliphatic rings. The summed E-state index contributed by atoms with van der Waals surface area (Å²) in [7, 11) is 1.61. The number of rotatable bonds is 3. The largest absolute Gasteiger partial charge is 0.491 e. The Hall–Kier alpha value is -1.19. The number of nitrogens with two attached hydrogens (primary N) is 1. The van der Waals surface area contributed by atoms with Crippen LogP contribution in [0.15, 0.2) is 6.20 Å². The minimum absolute atomic E-state index is 0.484. The molecule has 4 heteroatoms. The molecule has 1 aliphatic carbocycles. The van der Waals surface area contributed by atoms with Crippen LogP contribution in [-0.2, 0) is 6.54 Å². The van der Waals surface area contributed by atoms with E-state index in [1.54, 1.807) is 7.11 Å². The summed E-state index contributed by atoms with van der Waals surface area (Å²) < 4.78 is 6.89. The number of hydrogen-bond donors (Lipinski definition) is 1. The van der Waals surface area contributed by atoms with Crippen LogP contribution in [0.4, 0.5) is 5.82 Å². The van der Waals surface area contributed by atoms with E-state index in [4.69, 9.17) is 10.5 Å². The third-order valence-electron chi connectivity index (χ3n) is 2.12. The molecule has 0 aliphatic heterocycles. The minimum atomic E-state index is 0.484. The molecule has 0 saturated heterocycles. The lowest BCUT2D eigenvalue weighted by Crippen LogP contribution is -2.00. The van der Waals surface area contributed by atoms with Gasteiger partial charge in [0.15, 0.2) is 11.6 Å². The van der Waals surface area contributed by atoms with Gasteiger partial charge in [-0.15, -0.1) is 0 Å². The number of nitrogen functional groups attached to an aromatic ring is 1. The van der Waals surface area contributed by atoms with Crippen LogP contribution in [0.25, 0.3) is 0 Å². The lowest BCUT2D eigenvalue weighted by Gasteiger charge is -1.95. The zero-order chi connectivity index (χ0) is 8.55. The normalized spacial score (nSPS) is 16.4. The van der Waals surface area contributed by atoms with Gasteiger partial charge in [-0.1, -0.05) is 0 Å². The number of nitrogens with zero attached hydrogens (tertiary/aromatic N) is 2. The Morgan fingerprint density at radius 2 is 2.50 bits per heavy atom. The van der Waals surface area contributed by atoms with Crippen LogP contribution in [0.5, 0.6) is 5.75 Å². The third-order valence-corrected chi connectivity index (χ3v) is 2.12. The second kappa shape index (κ2) is 2.69. The van der Waals surface area contributed by atoms with Gasteiger partial charge >= 0.3 is 0 Å². The summed E-state index contributed by atoms with van der Waals surface area (Å²) in [6, 6.07) is 0. The molecule has 0 unspecified atom stereocenters. The van der Waals surface area contributed by atoms with Crippen molar-refractivity contribution in [1.82, 2.24) is 9.78 Å². The smallest absolute Gasteiger partial charge is 0.188 e. The molecule has 1 aromatic heterocycles. The molecule has 0 aromatic carbocycles. The molecule has 1 aromatic rings. The Morgan fingerprint density at radius 3 is 3.00 bits per heavy atom. The lowest BCUT2D eigenvalue weighted by molar-refractivity contribution is 0.415. The molecule has 0 atom stereocenters. The van der Waals surface area contributed by atoms with Crippen LogP contribution in [0.1, 0.15) is 12.8 Å². The maximum atomic E-state index is 5.59. The number of methoxy groups -OCH3 is 1. The van der Waals surface area contributed by atoms with Crippen molar-refractivity contribution < 1.29 is 4.74 Å². The van der Waals surface area contributed by atoms with Gasteiger partial charge in [0.25, 0.3) is 0 Å². The average molecular weight is 167 g/mol. The highest BCUT2D eigenvalue weighted by molar-refractivity contribution is 5.43. The van der Waals surface area contributed by atoms with E-state index in [9.17, 15) is 0 Å². The molecular formula is C8H13N3O. The van der Waals surface area contributed by atoms with Gasteiger partial charge in [0.2, 0.25) is 0 Å². The van der Waals surface area contributed by atoms with Crippen LogP contribution in [0.3, 0.4) is 0 Å². The molecule has 0 spiro atoms. The fourth-order valence-corrected chi connectivity index (χ4v) is 1.23. The van der Waals surface area contributed by atoms with E-state index in [-0.39, 0.29) is 0 Å². The predicted molar refractivity (Wildman–Crippen MR) is 45.9 cm³/mol. The standard InChI is InChI=1S/C8H13N3O/c1-12-7-5-11(10-8(7)9)4-6-2-3-6/h5-6H,2-4H2,1H3,(H2,9,10). The zero-order valence-corrected chi connectivity index (χ0v) is 7.16. The summed E-state index contributed by atoms with van der Waals surface area (Å²) in [5.41, 5.74) is 5.59. The van der Waals surface area contributed by atoms with Crippen molar-refractivity contribution in [2.45, 2.75) is 19.4 Å². The van der Waals surface area contributed by atoms with Crippen molar-refractivity contribution in [2.24, 2.45) is 5.92 Å². The van der Waals surface area contributed by atoms with Crippen molar-refractivity contribution in [3.63, 3.8) is 0 Å². The van der Waals surface area contributed by atoms with Gasteiger partial charge < -0.3 is 10.5 Å². The van der Waals surface area contributed by atoms with Crippen LogP contribution >= 0.6 is 0 Å². The molecule has 0 bridgehead atoms. The quantitative estimate of drug-likeness (QED) is 0.727. The van der Waals surface area contributed by atoms with Gasteiger partial charge in [0.05, 0.1) is 13.3 Å². The van der Waals surface area contributed by atoms with Crippen molar-refractivity contribution in [3.05, 3.63) is 6.20 Å². The maximum absolute atomic E-state index is 5.59. The molecule has 66 valence electrons. The van der Waals surface area contributed by atoms with Gasteiger partial charge in [-0.25, -0.2) is 0 Å². The monoisotopic (exact) mass is 167 g/mol. The molecular weight excluding hydrogens is 154 g/mol. The van der Waals surface area contributed by atoms with E-state index in [2.05, 4.69) is 5.10 Å². The molecule has 2 rings (SSSR count). The van der Waals surface area contributed by atoms with E-state index < -0.39 is 0 Å². The minimum Gasteiger partial charge on any atom is -0.491 e. The number of anilines is 1. The molecule has 4 nitrogen and oxygen atoms in total. The average Bonchev–Trinajstić information content (AvgIpc) is 2.76. The Kier molecular flexibility index (Phi) is 1.67. The summed E-state index contributed by atoms with van der Waals surface area (Å²) in [6.45, 7) is 0.980. The lowest BCUT2D eigenvalue weighted by atomic mass is 10.4. The van der Waals surface area contributed by atoms with Gasteiger partial charge in [-0.05, 0) is 18.8 Å². The number of hydrogen-bond acceptors (Lipinski definition) is 3. The Labute approximate surface area is 71.3 Å². The summed E-state index contributed by atoms with van der Waals surface area (Å²) in [5, 5.41) is 4.13. The second-order valence-electron chi connectivity index (χ2n) is 3.25. The number of ether oxygens (including phenoxy) is 1. The summed E-state index contributed by atoms with van der Waals surface area (Å²) in [4.78, 5) is 0. The Bertz CT molecular complexity index is 278. The first-order valence-corrected chi connectivity index (χ1v) is 4.16. The predicted octanol–water partition coefficient (Wildman–Crippen LogP) is 0.884. The first-order valence-electron chi connectivity index (χ1n) is 4.16. The summed E-state index contributed by atoms with van der Waals surface area (Å²) in [6.07, 6.45) is 4.50. The molecule has 1 saturated carbocycles. The first kappa shape index (κ1) is 7.46. The summed E-state index contributed by atoms with van der Waals surface area (Å²) in [5.74, 6) is 1.97. The SMILES string of the molecule is COc1cn(CC2CC2)nc1N. The molecule has 12 heavy (non-hydrogen) atoms. The first-order chi connectivity index (χ1) is 5.79. The van der Waals surface area contributed by atoms with E-state index in [0.717, 1.165) is 12.5 Å². The van der Waals surface area contributed by atoms with Gasteiger partial charge in [0.1, 0.15) is 0 Å². The molecule has 0 amide bonds. The van der Waals surface area contributed by atoms with Gasteiger partial charge in [-0.2, -0.15) is 5.10 Å². The van der Waals surface area contributed by atoms with E-state index in [0.29, 0.717) is 11.6 Å². The van der Waals surface area contributed by atoms with E-state index >= 15 is 0 Å². The van der Waals surface area contributed by atoms with Crippen LogP contribution in [-0.4, -0.2) is 16.9 Å². The van der Waals surface area contributed by atoms with Crippen molar-refractivity contribution in [1.29, 1.82) is 0 Å². The van der Waals surface area contributed by atoms with Crippen LogP contribution in [0, 0.1) is 5.92 Å². The number of aromatic nitrogens is 2. The van der Waals surface area contributed by atoms with E-state index in [1.165, 1.54) is 12.8 Å². The highest BCUT2D eigenvalue weighted by Gasteiger charge is 2.22. The topological polar surface area (TPSA) is 53.1 Å². The Balaban J connectivity index is 2.10. The molecule has 1 heterocycles. The third kappa shape index (κ3) is 1.37. The highest BCUT2D eigenvalue weighted by Crippen LogP contribution is 2.31. The van der Waals surface area contributed by atoms with Gasteiger partial charge in [0, 0.05) is 6.54 Å². The fourth-order valence-electron chi connectivity index (χ4n) is 1.23. The maximum Gasteiger partial charge on any atom is 0.188 e. The van der Waals surface area contributed by atoms with Crippen LogP contribution < -0.4 is 10.5 Å². The van der Waals surface area contributed by atoms with Crippen molar-refractivity contribution in [3.8, 4) is 5.75 Å². The molecule has 0 radical (unpaired) electrons. The zero-order valence-electron chi connectivity index (χ0n) is 7.16. The fraction of sp³-hybridized carbons (Fsp3) is 0.625. The molecule has 2 N–H and O–H groups in total. The van der Waals surface area contributed by atoms with Crippen molar-refractivity contribution in [2.75, 3.05) is 12.8 Å². The van der Waals surface area contributed by atoms with Crippen LogP contribution in [0.2, 0.25) is 0 Å². The second-order valence-corrected chi connectivity index (χ2v) is 3.25.